The molecule has 1 fully saturated rings. The van der Waals surface area contributed by atoms with Gasteiger partial charge in [-0.15, -0.1) is 0 Å². The molecule has 0 radical (unpaired) electrons. The number of nitrogens with one attached hydrogen (secondary N) is 1. The summed E-state index contributed by atoms with van der Waals surface area (Å²) < 4.78 is 5.24. The predicted octanol–water partition coefficient (Wildman–Crippen LogP) is 2.85. The molecule has 0 bridgehead atoms. The number of carbonyl (C=O) groups is 1. The second-order valence-electron chi connectivity index (χ2n) is 5.37. The first-order chi connectivity index (χ1) is 9.79. The molecule has 0 unspecified atom stereocenters. The van der Waals surface area contributed by atoms with E-state index in [9.17, 15) is 4.79 Å². The van der Waals surface area contributed by atoms with E-state index in [-0.39, 0.29) is 18.7 Å². The fraction of sp³-hybridized carbons (Fsp3) is 0.562. The molecule has 4 nitrogen and oxygen atoms in total. The quantitative estimate of drug-likeness (QED) is 0.870. The smallest absolute Gasteiger partial charge is 0.407 e. The molecule has 1 aromatic rings. The first-order valence-electron chi connectivity index (χ1n) is 7.37. The van der Waals surface area contributed by atoms with Crippen LogP contribution in [0.1, 0.15) is 37.7 Å². The Morgan fingerprint density at radius 3 is 2.75 bits per heavy atom. The highest BCUT2D eigenvalue weighted by Gasteiger charge is 2.26. The standard InChI is InChI=1S/C16H23NO3/c18-11-10-14-8-4-5-9-15(14)17-16(19)20-12-13-6-2-1-3-7-13/h1-3,6-7,14-15,18H,4-5,8-12H2,(H,17,19)/t14-,15-/m0/s1. The third-order valence-corrected chi connectivity index (χ3v) is 3.92. The van der Waals surface area contributed by atoms with Gasteiger partial charge in [-0.05, 0) is 30.7 Å². The highest BCUT2D eigenvalue weighted by Crippen LogP contribution is 2.26. The van der Waals surface area contributed by atoms with Crippen molar-refractivity contribution in [2.45, 2.75) is 44.8 Å². The van der Waals surface area contributed by atoms with E-state index in [0.29, 0.717) is 12.5 Å². The molecule has 2 rings (SSSR count). The number of hydrogen-bond donors (Lipinski definition) is 2. The number of ether oxygens (including phenoxy) is 1. The number of aliphatic hydroxyl groups is 1. The highest BCUT2D eigenvalue weighted by atomic mass is 16.5. The van der Waals surface area contributed by atoms with Crippen molar-refractivity contribution in [2.24, 2.45) is 5.92 Å². The zero-order chi connectivity index (χ0) is 14.2. The van der Waals surface area contributed by atoms with Crippen molar-refractivity contribution >= 4 is 6.09 Å². The maximum atomic E-state index is 11.8. The van der Waals surface area contributed by atoms with Gasteiger partial charge in [-0.1, -0.05) is 43.2 Å². The van der Waals surface area contributed by atoms with Gasteiger partial charge in [-0.3, -0.25) is 0 Å². The van der Waals surface area contributed by atoms with E-state index in [4.69, 9.17) is 9.84 Å². The number of rotatable bonds is 5. The van der Waals surface area contributed by atoms with Crippen LogP contribution in [0.4, 0.5) is 4.79 Å². The minimum Gasteiger partial charge on any atom is -0.445 e. The van der Waals surface area contributed by atoms with E-state index in [1.54, 1.807) is 0 Å². The molecule has 2 N–H and O–H groups in total. The summed E-state index contributed by atoms with van der Waals surface area (Å²) in [6.45, 7) is 0.478. The lowest BCUT2D eigenvalue weighted by atomic mass is 9.83. The van der Waals surface area contributed by atoms with Crippen LogP contribution in [0.25, 0.3) is 0 Å². The normalized spacial score (nSPS) is 22.2. The summed E-state index contributed by atoms with van der Waals surface area (Å²) in [5.74, 6) is 0.373. The lowest BCUT2D eigenvalue weighted by molar-refractivity contribution is 0.122. The number of amides is 1. The summed E-state index contributed by atoms with van der Waals surface area (Å²) in [6, 6.07) is 9.79. The fourth-order valence-corrected chi connectivity index (χ4v) is 2.83. The largest absolute Gasteiger partial charge is 0.445 e. The average molecular weight is 277 g/mol. The molecule has 0 spiro atoms. The molecule has 0 heterocycles. The predicted molar refractivity (Wildman–Crippen MR) is 77.2 cm³/mol. The molecule has 0 aliphatic heterocycles. The number of benzene rings is 1. The molecule has 2 atom stereocenters. The minimum atomic E-state index is -0.358. The first-order valence-corrected chi connectivity index (χ1v) is 7.37. The highest BCUT2D eigenvalue weighted by molar-refractivity contribution is 5.67. The van der Waals surface area contributed by atoms with Crippen molar-refractivity contribution in [3.63, 3.8) is 0 Å². The number of alkyl carbamates (subject to hydrolysis) is 1. The lowest BCUT2D eigenvalue weighted by Crippen LogP contribution is -2.42. The summed E-state index contributed by atoms with van der Waals surface area (Å²) >= 11 is 0. The van der Waals surface area contributed by atoms with E-state index >= 15 is 0 Å². The van der Waals surface area contributed by atoms with Gasteiger partial charge in [0.25, 0.3) is 0 Å². The Hall–Kier alpha value is -1.55. The number of aliphatic hydroxyl groups excluding tert-OH is 1. The van der Waals surface area contributed by atoms with Crippen LogP contribution in [-0.4, -0.2) is 23.8 Å². The minimum absolute atomic E-state index is 0.138. The van der Waals surface area contributed by atoms with Crippen LogP contribution >= 0.6 is 0 Å². The van der Waals surface area contributed by atoms with Crippen LogP contribution in [0.15, 0.2) is 30.3 Å². The van der Waals surface area contributed by atoms with Crippen molar-refractivity contribution < 1.29 is 14.6 Å². The number of hydrogen-bond acceptors (Lipinski definition) is 3. The molecule has 1 aliphatic carbocycles. The molecule has 1 aliphatic rings. The molecule has 0 aromatic heterocycles. The van der Waals surface area contributed by atoms with E-state index in [1.165, 1.54) is 6.42 Å². The van der Waals surface area contributed by atoms with Gasteiger partial charge in [-0.2, -0.15) is 0 Å². The zero-order valence-electron chi connectivity index (χ0n) is 11.8. The Bertz CT molecular complexity index is 405. The average Bonchev–Trinajstić information content (AvgIpc) is 2.49. The maximum absolute atomic E-state index is 11.8. The van der Waals surface area contributed by atoms with Crippen LogP contribution < -0.4 is 5.32 Å². The summed E-state index contributed by atoms with van der Waals surface area (Å²) in [6.07, 6.45) is 4.76. The Kier molecular flexibility index (Phi) is 5.87. The van der Waals surface area contributed by atoms with Gasteiger partial charge < -0.3 is 15.2 Å². The van der Waals surface area contributed by atoms with E-state index in [1.807, 2.05) is 30.3 Å². The van der Waals surface area contributed by atoms with E-state index in [2.05, 4.69) is 5.32 Å². The molecular formula is C16H23NO3. The molecule has 1 saturated carbocycles. The van der Waals surface area contributed by atoms with Crippen LogP contribution in [0.2, 0.25) is 0 Å². The maximum Gasteiger partial charge on any atom is 0.407 e. The van der Waals surface area contributed by atoms with Gasteiger partial charge >= 0.3 is 6.09 Å². The third kappa shape index (κ3) is 4.53. The molecule has 110 valence electrons. The second kappa shape index (κ2) is 7.90. The lowest BCUT2D eigenvalue weighted by Gasteiger charge is -2.31. The van der Waals surface area contributed by atoms with Gasteiger partial charge in [0, 0.05) is 12.6 Å². The molecular weight excluding hydrogens is 254 g/mol. The van der Waals surface area contributed by atoms with Crippen molar-refractivity contribution in [1.29, 1.82) is 0 Å². The van der Waals surface area contributed by atoms with Gasteiger partial charge in [0.15, 0.2) is 0 Å². The molecule has 1 aromatic carbocycles. The van der Waals surface area contributed by atoms with Gasteiger partial charge in [0.05, 0.1) is 0 Å². The van der Waals surface area contributed by atoms with Crippen LogP contribution in [0.5, 0.6) is 0 Å². The summed E-state index contributed by atoms with van der Waals surface area (Å²) in [7, 11) is 0. The van der Waals surface area contributed by atoms with Crippen molar-refractivity contribution in [3.05, 3.63) is 35.9 Å². The van der Waals surface area contributed by atoms with E-state index in [0.717, 1.165) is 31.2 Å². The Morgan fingerprint density at radius 2 is 2.00 bits per heavy atom. The zero-order valence-corrected chi connectivity index (χ0v) is 11.8. The summed E-state index contributed by atoms with van der Waals surface area (Å²) in [4.78, 5) is 11.8. The van der Waals surface area contributed by atoms with Crippen molar-refractivity contribution in [2.75, 3.05) is 6.61 Å². The van der Waals surface area contributed by atoms with Crippen LogP contribution in [-0.2, 0) is 11.3 Å². The van der Waals surface area contributed by atoms with Crippen molar-refractivity contribution in [3.8, 4) is 0 Å². The summed E-state index contributed by atoms with van der Waals surface area (Å²) in [5.41, 5.74) is 0.984. The van der Waals surface area contributed by atoms with Crippen LogP contribution in [0.3, 0.4) is 0 Å². The molecule has 20 heavy (non-hydrogen) atoms. The van der Waals surface area contributed by atoms with Gasteiger partial charge in [0.1, 0.15) is 6.61 Å². The second-order valence-corrected chi connectivity index (χ2v) is 5.37. The van der Waals surface area contributed by atoms with E-state index < -0.39 is 0 Å². The SMILES string of the molecule is O=C(N[C@H]1CCCC[C@H]1CCO)OCc1ccccc1. The van der Waals surface area contributed by atoms with Crippen LogP contribution in [0, 0.1) is 5.92 Å². The first kappa shape index (κ1) is 14.9. The Balaban J connectivity index is 1.78. The van der Waals surface area contributed by atoms with Gasteiger partial charge in [0.2, 0.25) is 0 Å². The van der Waals surface area contributed by atoms with Crippen molar-refractivity contribution in [1.82, 2.24) is 5.32 Å². The Morgan fingerprint density at radius 1 is 1.25 bits per heavy atom. The molecule has 0 saturated heterocycles. The number of carbonyl (C=O) groups excluding carboxylic acids is 1. The molecule has 4 heteroatoms. The fourth-order valence-electron chi connectivity index (χ4n) is 2.83. The van der Waals surface area contributed by atoms with Gasteiger partial charge in [-0.25, -0.2) is 4.79 Å². The molecule has 1 amide bonds. The monoisotopic (exact) mass is 277 g/mol. The summed E-state index contributed by atoms with van der Waals surface area (Å²) in [5, 5.41) is 12.0. The Labute approximate surface area is 120 Å². The topological polar surface area (TPSA) is 58.6 Å². The third-order valence-electron chi connectivity index (χ3n) is 3.92.